The minimum atomic E-state index is 0.721. The van der Waals surface area contributed by atoms with Gasteiger partial charge in [0.05, 0.1) is 6.61 Å². The van der Waals surface area contributed by atoms with E-state index in [1.54, 1.807) is 0 Å². The van der Waals surface area contributed by atoms with Crippen LogP contribution in [0.3, 0.4) is 0 Å². The molecule has 0 aliphatic carbocycles. The number of rotatable bonds is 11. The van der Waals surface area contributed by atoms with Crippen LogP contribution >= 0.6 is 0 Å². The van der Waals surface area contributed by atoms with Crippen LogP contribution in [-0.2, 0) is 13.0 Å². The summed E-state index contributed by atoms with van der Waals surface area (Å²) in [7, 11) is 0. The van der Waals surface area contributed by atoms with E-state index in [4.69, 9.17) is 4.74 Å². The van der Waals surface area contributed by atoms with Gasteiger partial charge in [0.1, 0.15) is 5.75 Å². The fourth-order valence-electron chi connectivity index (χ4n) is 2.54. The second-order valence-electron chi connectivity index (χ2n) is 5.97. The predicted octanol–water partition coefficient (Wildman–Crippen LogP) is 4.98. The normalized spacial score (nSPS) is 10.7. The highest BCUT2D eigenvalue weighted by Crippen LogP contribution is 2.13. The first kappa shape index (κ1) is 17.6. The van der Waals surface area contributed by atoms with Crippen molar-refractivity contribution < 1.29 is 4.74 Å². The zero-order valence-electron chi connectivity index (χ0n) is 14.3. The van der Waals surface area contributed by atoms with Gasteiger partial charge in [0.15, 0.2) is 0 Å². The topological polar surface area (TPSA) is 21.3 Å². The standard InChI is InChI=1S/C21H29NO/c1-2-3-4-8-16-22-18-20-11-13-21(14-12-20)23-17-15-19-9-6-5-7-10-19/h5-7,9-14,22H,2-4,8,15-18H2,1H3. The van der Waals surface area contributed by atoms with Crippen molar-refractivity contribution in [1.29, 1.82) is 0 Å². The predicted molar refractivity (Wildman–Crippen MR) is 97.9 cm³/mol. The first-order chi connectivity index (χ1) is 11.4. The number of benzene rings is 2. The summed E-state index contributed by atoms with van der Waals surface area (Å²) in [6.45, 7) is 5.02. The van der Waals surface area contributed by atoms with Gasteiger partial charge in [-0.2, -0.15) is 0 Å². The fraction of sp³-hybridized carbons (Fsp3) is 0.429. The summed E-state index contributed by atoms with van der Waals surface area (Å²) < 4.78 is 5.81. The fourth-order valence-corrected chi connectivity index (χ4v) is 2.54. The molecule has 0 heterocycles. The third-order valence-corrected chi connectivity index (χ3v) is 3.96. The molecule has 2 nitrogen and oxygen atoms in total. The largest absolute Gasteiger partial charge is 0.493 e. The molecule has 0 aliphatic heterocycles. The highest BCUT2D eigenvalue weighted by atomic mass is 16.5. The molecule has 124 valence electrons. The molecule has 2 aromatic rings. The van der Waals surface area contributed by atoms with Gasteiger partial charge in [-0.15, -0.1) is 0 Å². The van der Waals surface area contributed by atoms with Crippen molar-refractivity contribution in [2.24, 2.45) is 0 Å². The quantitative estimate of drug-likeness (QED) is 0.591. The SMILES string of the molecule is CCCCCCNCc1ccc(OCCc2ccccc2)cc1. The van der Waals surface area contributed by atoms with Crippen molar-refractivity contribution >= 4 is 0 Å². The second kappa shape index (κ2) is 10.8. The number of unbranched alkanes of at least 4 members (excludes halogenated alkanes) is 3. The van der Waals surface area contributed by atoms with Gasteiger partial charge in [-0.3, -0.25) is 0 Å². The van der Waals surface area contributed by atoms with E-state index in [1.807, 2.05) is 6.07 Å². The third kappa shape index (κ3) is 7.34. The van der Waals surface area contributed by atoms with E-state index in [2.05, 4.69) is 60.8 Å². The van der Waals surface area contributed by atoms with Gasteiger partial charge in [-0.1, -0.05) is 68.7 Å². The first-order valence-electron chi connectivity index (χ1n) is 8.85. The monoisotopic (exact) mass is 311 g/mol. The molecule has 2 aromatic carbocycles. The highest BCUT2D eigenvalue weighted by Gasteiger charge is 1.97. The molecule has 0 fully saturated rings. The van der Waals surface area contributed by atoms with Gasteiger partial charge < -0.3 is 10.1 Å². The zero-order valence-corrected chi connectivity index (χ0v) is 14.3. The molecule has 0 unspecified atom stereocenters. The molecule has 2 heteroatoms. The Morgan fingerprint density at radius 2 is 1.61 bits per heavy atom. The van der Waals surface area contributed by atoms with Crippen LogP contribution in [0.4, 0.5) is 0 Å². The average Bonchev–Trinajstić information content (AvgIpc) is 2.60. The Hall–Kier alpha value is -1.80. The maximum absolute atomic E-state index is 5.81. The average molecular weight is 311 g/mol. The summed E-state index contributed by atoms with van der Waals surface area (Å²) in [5.74, 6) is 0.952. The molecular formula is C21H29NO. The summed E-state index contributed by atoms with van der Waals surface area (Å²) in [4.78, 5) is 0. The number of hydrogen-bond acceptors (Lipinski definition) is 2. The zero-order chi connectivity index (χ0) is 16.2. The summed E-state index contributed by atoms with van der Waals surface area (Å²) in [6, 6.07) is 18.9. The molecule has 0 bridgehead atoms. The Bertz CT molecular complexity index is 521. The van der Waals surface area contributed by atoms with Crippen molar-refractivity contribution in [3.63, 3.8) is 0 Å². The molecule has 0 spiro atoms. The van der Waals surface area contributed by atoms with Crippen molar-refractivity contribution in [3.05, 3.63) is 65.7 Å². The van der Waals surface area contributed by atoms with Gasteiger partial charge in [0, 0.05) is 13.0 Å². The molecule has 0 atom stereocenters. The van der Waals surface area contributed by atoms with Gasteiger partial charge in [0.25, 0.3) is 0 Å². The lowest BCUT2D eigenvalue weighted by Crippen LogP contribution is -2.14. The molecule has 2 rings (SSSR count). The van der Waals surface area contributed by atoms with Crippen LogP contribution in [0.1, 0.15) is 43.7 Å². The summed E-state index contributed by atoms with van der Waals surface area (Å²) in [5.41, 5.74) is 2.63. The van der Waals surface area contributed by atoms with Crippen LogP contribution in [0.5, 0.6) is 5.75 Å². The van der Waals surface area contributed by atoms with E-state index in [1.165, 1.54) is 36.8 Å². The molecule has 0 radical (unpaired) electrons. The lowest BCUT2D eigenvalue weighted by molar-refractivity contribution is 0.322. The Kier molecular flexibility index (Phi) is 8.28. The number of nitrogens with one attached hydrogen (secondary N) is 1. The van der Waals surface area contributed by atoms with Crippen molar-refractivity contribution in [1.82, 2.24) is 5.32 Å². The molecule has 0 amide bonds. The second-order valence-corrected chi connectivity index (χ2v) is 5.97. The van der Waals surface area contributed by atoms with E-state index >= 15 is 0 Å². The molecule has 1 N–H and O–H groups in total. The van der Waals surface area contributed by atoms with Gasteiger partial charge >= 0.3 is 0 Å². The molecular weight excluding hydrogens is 282 g/mol. The van der Waals surface area contributed by atoms with E-state index < -0.39 is 0 Å². The Labute approximate surface area is 140 Å². The maximum atomic E-state index is 5.81. The Morgan fingerprint density at radius 3 is 2.35 bits per heavy atom. The number of ether oxygens (including phenoxy) is 1. The van der Waals surface area contributed by atoms with Gasteiger partial charge in [-0.05, 0) is 36.2 Å². The van der Waals surface area contributed by atoms with Crippen molar-refractivity contribution in [3.8, 4) is 5.75 Å². The minimum Gasteiger partial charge on any atom is -0.493 e. The Morgan fingerprint density at radius 1 is 0.826 bits per heavy atom. The van der Waals surface area contributed by atoms with Gasteiger partial charge in [0.2, 0.25) is 0 Å². The van der Waals surface area contributed by atoms with Crippen LogP contribution < -0.4 is 10.1 Å². The van der Waals surface area contributed by atoms with E-state index in [9.17, 15) is 0 Å². The molecule has 0 saturated carbocycles. The first-order valence-corrected chi connectivity index (χ1v) is 8.85. The highest BCUT2D eigenvalue weighted by molar-refractivity contribution is 5.27. The van der Waals surface area contributed by atoms with E-state index in [0.29, 0.717) is 0 Å². The smallest absolute Gasteiger partial charge is 0.119 e. The van der Waals surface area contributed by atoms with E-state index in [0.717, 1.165) is 31.9 Å². The van der Waals surface area contributed by atoms with Crippen LogP contribution in [0.15, 0.2) is 54.6 Å². The van der Waals surface area contributed by atoms with Crippen LogP contribution in [0.2, 0.25) is 0 Å². The summed E-state index contributed by atoms with van der Waals surface area (Å²) in [5, 5.41) is 3.50. The molecule has 0 aliphatic rings. The third-order valence-electron chi connectivity index (χ3n) is 3.96. The van der Waals surface area contributed by atoms with Crippen molar-refractivity contribution in [2.75, 3.05) is 13.2 Å². The lowest BCUT2D eigenvalue weighted by Gasteiger charge is -2.08. The summed E-state index contributed by atoms with van der Waals surface area (Å²) in [6.07, 6.45) is 6.19. The number of hydrogen-bond donors (Lipinski definition) is 1. The van der Waals surface area contributed by atoms with Gasteiger partial charge in [-0.25, -0.2) is 0 Å². The van der Waals surface area contributed by atoms with Crippen LogP contribution in [-0.4, -0.2) is 13.2 Å². The van der Waals surface area contributed by atoms with E-state index in [-0.39, 0.29) is 0 Å². The Balaban J connectivity index is 1.62. The minimum absolute atomic E-state index is 0.721. The lowest BCUT2D eigenvalue weighted by atomic mass is 10.2. The van der Waals surface area contributed by atoms with Crippen LogP contribution in [0.25, 0.3) is 0 Å². The maximum Gasteiger partial charge on any atom is 0.119 e. The molecule has 0 aromatic heterocycles. The molecule has 23 heavy (non-hydrogen) atoms. The van der Waals surface area contributed by atoms with Crippen LogP contribution in [0, 0.1) is 0 Å². The van der Waals surface area contributed by atoms with Crippen molar-refractivity contribution in [2.45, 2.75) is 45.6 Å². The molecule has 0 saturated heterocycles. The summed E-state index contributed by atoms with van der Waals surface area (Å²) >= 11 is 0.